The Kier molecular flexibility index (Phi) is 4.50. The molecule has 136 valence electrons. The molecule has 3 aromatic rings. The Hall–Kier alpha value is -3.34. The van der Waals surface area contributed by atoms with Crippen molar-refractivity contribution in [1.29, 1.82) is 0 Å². The van der Waals surface area contributed by atoms with Gasteiger partial charge < -0.3 is 14.4 Å². The summed E-state index contributed by atoms with van der Waals surface area (Å²) in [6, 6.07) is 19.2. The fourth-order valence-electron chi connectivity index (χ4n) is 3.38. The van der Waals surface area contributed by atoms with Crippen molar-refractivity contribution in [3.63, 3.8) is 0 Å². The van der Waals surface area contributed by atoms with E-state index in [9.17, 15) is 4.79 Å². The summed E-state index contributed by atoms with van der Waals surface area (Å²) >= 11 is 0. The van der Waals surface area contributed by atoms with Crippen molar-refractivity contribution in [2.45, 2.75) is 6.42 Å². The number of fused-ring (bicyclic) bond motifs is 1. The number of amides is 1. The van der Waals surface area contributed by atoms with Crippen LogP contribution in [-0.4, -0.2) is 31.7 Å². The Balaban J connectivity index is 1.66. The molecule has 0 atom stereocenters. The van der Waals surface area contributed by atoms with Gasteiger partial charge in [-0.3, -0.25) is 4.79 Å². The largest absolute Gasteiger partial charge is 0.497 e. The van der Waals surface area contributed by atoms with Gasteiger partial charge in [0.1, 0.15) is 11.3 Å². The molecule has 1 amide bonds. The summed E-state index contributed by atoms with van der Waals surface area (Å²) in [4.78, 5) is 19.5. The standard InChI is InChI=1S/C22H20N2O3/c1-26-17-9-7-15(8-10-17)19-12-11-18(21(23-19)27-2)22(25)24-14-13-16-5-3-4-6-20(16)24/h3-12H,13-14H2,1-2H3. The maximum absolute atomic E-state index is 13.1. The molecule has 0 spiro atoms. The van der Waals surface area contributed by atoms with Crippen LogP contribution in [0, 0.1) is 0 Å². The number of nitrogens with zero attached hydrogens (tertiary/aromatic N) is 2. The molecule has 0 saturated carbocycles. The van der Waals surface area contributed by atoms with Crippen molar-refractivity contribution in [3.05, 3.63) is 71.8 Å². The second kappa shape index (κ2) is 7.11. The van der Waals surface area contributed by atoms with Gasteiger partial charge in [0.25, 0.3) is 5.91 Å². The van der Waals surface area contributed by atoms with Crippen LogP contribution in [0.4, 0.5) is 5.69 Å². The molecule has 5 nitrogen and oxygen atoms in total. The number of aromatic nitrogens is 1. The predicted octanol–water partition coefficient (Wildman–Crippen LogP) is 3.97. The summed E-state index contributed by atoms with van der Waals surface area (Å²) < 4.78 is 10.6. The molecule has 0 saturated heterocycles. The fourth-order valence-corrected chi connectivity index (χ4v) is 3.38. The van der Waals surface area contributed by atoms with E-state index in [1.165, 1.54) is 12.7 Å². The van der Waals surface area contributed by atoms with Crippen LogP contribution in [0.1, 0.15) is 15.9 Å². The van der Waals surface area contributed by atoms with Crippen molar-refractivity contribution >= 4 is 11.6 Å². The number of pyridine rings is 1. The van der Waals surface area contributed by atoms with Gasteiger partial charge in [0.15, 0.2) is 0 Å². The second-order valence-electron chi connectivity index (χ2n) is 6.32. The van der Waals surface area contributed by atoms with Crippen LogP contribution in [-0.2, 0) is 6.42 Å². The number of anilines is 1. The number of rotatable bonds is 4. The van der Waals surface area contributed by atoms with Gasteiger partial charge >= 0.3 is 0 Å². The van der Waals surface area contributed by atoms with E-state index in [0.717, 1.165) is 29.1 Å². The summed E-state index contributed by atoms with van der Waals surface area (Å²) in [7, 11) is 3.17. The third-order valence-corrected chi connectivity index (χ3v) is 4.80. The molecule has 0 N–H and O–H groups in total. The lowest BCUT2D eigenvalue weighted by Crippen LogP contribution is -2.29. The number of hydrogen-bond donors (Lipinski definition) is 0. The van der Waals surface area contributed by atoms with Crippen LogP contribution in [0.3, 0.4) is 0 Å². The minimum Gasteiger partial charge on any atom is -0.497 e. The molecule has 27 heavy (non-hydrogen) atoms. The first kappa shape index (κ1) is 17.1. The molecule has 0 aliphatic carbocycles. The highest BCUT2D eigenvalue weighted by molar-refractivity contribution is 6.08. The van der Waals surface area contributed by atoms with Crippen molar-refractivity contribution in [2.75, 3.05) is 25.7 Å². The molecule has 0 fully saturated rings. The van der Waals surface area contributed by atoms with Gasteiger partial charge in [0.05, 0.1) is 19.9 Å². The molecule has 0 bridgehead atoms. The van der Waals surface area contributed by atoms with Crippen LogP contribution in [0.2, 0.25) is 0 Å². The molecule has 1 aliphatic rings. The van der Waals surface area contributed by atoms with Gasteiger partial charge in [0, 0.05) is 17.8 Å². The SMILES string of the molecule is COc1ccc(-c2ccc(C(=O)N3CCc4ccccc43)c(OC)n2)cc1. The monoisotopic (exact) mass is 360 g/mol. The lowest BCUT2D eigenvalue weighted by atomic mass is 10.1. The van der Waals surface area contributed by atoms with Gasteiger partial charge in [-0.05, 0) is 54.4 Å². The average Bonchev–Trinajstić information content (AvgIpc) is 3.17. The van der Waals surface area contributed by atoms with E-state index in [-0.39, 0.29) is 5.91 Å². The van der Waals surface area contributed by atoms with E-state index < -0.39 is 0 Å². The summed E-state index contributed by atoms with van der Waals surface area (Å²) in [6.45, 7) is 0.668. The van der Waals surface area contributed by atoms with Crippen molar-refractivity contribution in [3.8, 4) is 22.9 Å². The van der Waals surface area contributed by atoms with E-state index in [0.29, 0.717) is 18.0 Å². The summed E-state index contributed by atoms with van der Waals surface area (Å²) in [5.41, 5.74) is 4.29. The molecule has 1 aliphatic heterocycles. The number of ether oxygens (including phenoxy) is 2. The highest BCUT2D eigenvalue weighted by Crippen LogP contribution is 2.31. The Morgan fingerprint density at radius 1 is 0.963 bits per heavy atom. The topological polar surface area (TPSA) is 51.7 Å². The fraction of sp³-hybridized carbons (Fsp3) is 0.182. The zero-order valence-electron chi connectivity index (χ0n) is 15.3. The number of benzene rings is 2. The number of para-hydroxylation sites is 1. The smallest absolute Gasteiger partial charge is 0.263 e. The van der Waals surface area contributed by atoms with Gasteiger partial charge in [-0.15, -0.1) is 0 Å². The Morgan fingerprint density at radius 3 is 2.48 bits per heavy atom. The minimum absolute atomic E-state index is 0.0921. The Labute approximate surface area is 158 Å². The quantitative estimate of drug-likeness (QED) is 0.706. The molecule has 5 heteroatoms. The van der Waals surface area contributed by atoms with Crippen LogP contribution in [0.15, 0.2) is 60.7 Å². The van der Waals surface area contributed by atoms with Crippen molar-refractivity contribution in [2.24, 2.45) is 0 Å². The zero-order chi connectivity index (χ0) is 18.8. The highest BCUT2D eigenvalue weighted by Gasteiger charge is 2.27. The molecule has 2 aromatic carbocycles. The van der Waals surface area contributed by atoms with E-state index >= 15 is 0 Å². The number of carbonyl (C=O) groups excluding carboxylic acids is 1. The van der Waals surface area contributed by atoms with Crippen molar-refractivity contribution in [1.82, 2.24) is 4.98 Å². The molecular weight excluding hydrogens is 340 g/mol. The summed E-state index contributed by atoms with van der Waals surface area (Å²) in [5, 5.41) is 0. The van der Waals surface area contributed by atoms with Crippen LogP contribution in [0.5, 0.6) is 11.6 Å². The predicted molar refractivity (Wildman–Crippen MR) is 105 cm³/mol. The second-order valence-corrected chi connectivity index (χ2v) is 6.32. The van der Waals surface area contributed by atoms with Gasteiger partial charge in [0.2, 0.25) is 5.88 Å². The molecule has 0 radical (unpaired) electrons. The maximum atomic E-state index is 13.1. The lowest BCUT2D eigenvalue weighted by Gasteiger charge is -2.18. The average molecular weight is 360 g/mol. The van der Waals surface area contributed by atoms with Crippen molar-refractivity contribution < 1.29 is 14.3 Å². The number of methoxy groups -OCH3 is 2. The van der Waals surface area contributed by atoms with Crippen LogP contribution in [0.25, 0.3) is 11.3 Å². The normalized spacial score (nSPS) is 12.6. The summed E-state index contributed by atoms with van der Waals surface area (Å²) in [6.07, 6.45) is 0.863. The lowest BCUT2D eigenvalue weighted by molar-refractivity contribution is 0.0985. The molecule has 4 rings (SSSR count). The first-order valence-corrected chi connectivity index (χ1v) is 8.80. The Bertz CT molecular complexity index is 983. The molecule has 2 heterocycles. The first-order chi connectivity index (χ1) is 13.2. The van der Waals surface area contributed by atoms with Crippen LogP contribution < -0.4 is 14.4 Å². The first-order valence-electron chi connectivity index (χ1n) is 8.80. The third-order valence-electron chi connectivity index (χ3n) is 4.80. The van der Waals surface area contributed by atoms with E-state index in [2.05, 4.69) is 11.1 Å². The molecule has 1 aromatic heterocycles. The number of carbonyl (C=O) groups is 1. The maximum Gasteiger partial charge on any atom is 0.263 e. The number of hydrogen-bond acceptors (Lipinski definition) is 4. The Morgan fingerprint density at radius 2 is 1.74 bits per heavy atom. The van der Waals surface area contributed by atoms with E-state index in [1.54, 1.807) is 18.1 Å². The van der Waals surface area contributed by atoms with Gasteiger partial charge in [-0.2, -0.15) is 0 Å². The summed E-state index contributed by atoms with van der Waals surface area (Å²) in [5.74, 6) is 1.02. The minimum atomic E-state index is -0.0921. The van der Waals surface area contributed by atoms with E-state index in [1.807, 2.05) is 48.5 Å². The molecule has 0 unspecified atom stereocenters. The van der Waals surface area contributed by atoms with Gasteiger partial charge in [-0.1, -0.05) is 18.2 Å². The highest BCUT2D eigenvalue weighted by atomic mass is 16.5. The van der Waals surface area contributed by atoms with E-state index in [4.69, 9.17) is 9.47 Å². The van der Waals surface area contributed by atoms with Gasteiger partial charge in [-0.25, -0.2) is 4.98 Å². The molecular formula is C22H20N2O3. The van der Waals surface area contributed by atoms with Crippen LogP contribution >= 0.6 is 0 Å². The third kappa shape index (κ3) is 3.12. The zero-order valence-corrected chi connectivity index (χ0v) is 15.3.